The predicted molar refractivity (Wildman–Crippen MR) is 238 cm³/mol. The minimum absolute atomic E-state index is 0.0149. The van der Waals surface area contributed by atoms with Gasteiger partial charge in [-0.3, -0.25) is 24.4 Å². The Morgan fingerprint density at radius 2 is 1.71 bits per heavy atom. The molecule has 4 aliphatic rings. The van der Waals surface area contributed by atoms with Crippen LogP contribution in [-0.4, -0.2) is 114 Å². The largest absolute Gasteiger partial charge is 0.357 e. The van der Waals surface area contributed by atoms with E-state index in [-0.39, 0.29) is 52.5 Å². The van der Waals surface area contributed by atoms with Crippen molar-refractivity contribution < 1.29 is 27.2 Å². The summed E-state index contributed by atoms with van der Waals surface area (Å²) in [4.78, 5) is 63.8. The fraction of sp³-hybridized carbons (Fsp3) is 0.523. The number of rotatable bonds is 13. The van der Waals surface area contributed by atoms with E-state index in [9.17, 15) is 22.8 Å². The van der Waals surface area contributed by atoms with E-state index < -0.39 is 15.8 Å². The zero-order valence-corrected chi connectivity index (χ0v) is 36.9. The summed E-state index contributed by atoms with van der Waals surface area (Å²) < 4.78 is 43.7. The van der Waals surface area contributed by atoms with Crippen LogP contribution in [0.2, 0.25) is 0 Å². The van der Waals surface area contributed by atoms with Gasteiger partial charge in [0.1, 0.15) is 5.82 Å². The summed E-state index contributed by atoms with van der Waals surface area (Å²) in [5.41, 5.74) is 1.88. The van der Waals surface area contributed by atoms with Crippen molar-refractivity contribution in [3.8, 4) is 21.8 Å². The summed E-state index contributed by atoms with van der Waals surface area (Å²) in [5, 5.41) is 6.22. The molecule has 8 rings (SSSR count). The summed E-state index contributed by atoms with van der Waals surface area (Å²) in [6.07, 6.45) is 10.0. The second-order valence-corrected chi connectivity index (χ2v) is 19.8. The van der Waals surface area contributed by atoms with Crippen molar-refractivity contribution in [3.05, 3.63) is 65.2 Å². The molecule has 3 amide bonds. The van der Waals surface area contributed by atoms with Crippen LogP contribution in [-0.2, 0) is 24.4 Å². The number of anilines is 3. The fourth-order valence-corrected chi connectivity index (χ4v) is 11.6. The maximum Gasteiger partial charge on any atom is 0.234 e. The maximum atomic E-state index is 16.2. The van der Waals surface area contributed by atoms with E-state index >= 15 is 4.39 Å². The average molecular weight is 887 g/mol. The number of carbonyl (C=O) groups is 3. The predicted octanol–water partition coefficient (Wildman–Crippen LogP) is 5.85. The molecule has 62 heavy (non-hydrogen) atoms. The average Bonchev–Trinajstić information content (AvgIpc) is 3.73. The van der Waals surface area contributed by atoms with Crippen LogP contribution < -0.4 is 20.3 Å². The number of hydrogen-bond donors (Lipinski definition) is 3. The van der Waals surface area contributed by atoms with Gasteiger partial charge in [0.2, 0.25) is 33.7 Å². The Balaban J connectivity index is 0.838. The molecule has 15 nitrogen and oxygen atoms in total. The molecule has 18 heteroatoms. The Labute approximate surface area is 366 Å². The standard InChI is InChI=1S/C44H55FN10O5S2/c1-3-25-62(59,60)52-34-6-4-5-33(38(34)45)39-40(35-11-18-47-44(46-2)49-35)61-42(51-39)29-16-23-55(24-17-29)43(58)30-14-19-53(20-15-30)27-28-12-21-54(22-13-28)36-9-7-31(26-48-36)32-8-10-37(56)50-41(32)57/h4-7,9,11,18,26,28-30,32,52H,3,8,10,12-17,19-25,27H2,1-2H3,(H,46,47,49)(H,50,56,57)/t32-/m1/s1. The number of thiazole rings is 1. The quantitative estimate of drug-likeness (QED) is 0.137. The maximum absolute atomic E-state index is 16.2. The summed E-state index contributed by atoms with van der Waals surface area (Å²) >= 11 is 1.46. The highest BCUT2D eigenvalue weighted by molar-refractivity contribution is 7.92. The molecule has 0 spiro atoms. The lowest BCUT2D eigenvalue weighted by Crippen LogP contribution is -2.46. The van der Waals surface area contributed by atoms with Gasteiger partial charge in [-0.2, -0.15) is 0 Å². The number of pyridine rings is 1. The van der Waals surface area contributed by atoms with Crippen LogP contribution in [0.3, 0.4) is 0 Å². The highest BCUT2D eigenvalue weighted by Gasteiger charge is 2.34. The number of likely N-dealkylation sites (tertiary alicyclic amines) is 2. The Hall–Kier alpha value is -5.07. The molecule has 0 aliphatic carbocycles. The van der Waals surface area contributed by atoms with E-state index in [1.165, 1.54) is 17.4 Å². The van der Waals surface area contributed by atoms with Gasteiger partial charge in [0.15, 0.2) is 5.82 Å². The molecule has 7 heterocycles. The van der Waals surface area contributed by atoms with Crippen molar-refractivity contribution in [3.63, 3.8) is 0 Å². The molecule has 4 saturated heterocycles. The molecule has 330 valence electrons. The van der Waals surface area contributed by atoms with Crippen molar-refractivity contribution >= 4 is 56.5 Å². The molecule has 0 bridgehead atoms. The zero-order chi connectivity index (χ0) is 43.4. The summed E-state index contributed by atoms with van der Waals surface area (Å²) in [6.45, 7) is 7.72. The number of nitrogens with one attached hydrogen (secondary N) is 3. The Morgan fingerprint density at radius 3 is 2.40 bits per heavy atom. The first kappa shape index (κ1) is 43.6. The second-order valence-electron chi connectivity index (χ2n) is 16.9. The third-order valence-electron chi connectivity index (χ3n) is 12.7. The summed E-state index contributed by atoms with van der Waals surface area (Å²) in [7, 11) is -2.00. The molecular weight excluding hydrogens is 832 g/mol. The topological polar surface area (TPSA) is 183 Å². The molecule has 0 unspecified atom stereocenters. The van der Waals surface area contributed by atoms with Crippen LogP contribution >= 0.6 is 11.3 Å². The molecule has 3 aromatic heterocycles. The van der Waals surface area contributed by atoms with Crippen LogP contribution in [0.25, 0.3) is 21.8 Å². The first-order valence-corrected chi connectivity index (χ1v) is 24.3. The molecule has 0 saturated carbocycles. The van der Waals surface area contributed by atoms with Gasteiger partial charge in [0, 0.05) is 76.0 Å². The Morgan fingerprint density at radius 1 is 0.935 bits per heavy atom. The highest BCUT2D eigenvalue weighted by Crippen LogP contribution is 2.43. The first-order chi connectivity index (χ1) is 30.0. The van der Waals surface area contributed by atoms with E-state index in [2.05, 4.69) is 40.1 Å². The van der Waals surface area contributed by atoms with Crippen LogP contribution in [0.1, 0.15) is 87.1 Å². The third kappa shape index (κ3) is 9.92. The number of sulfonamides is 1. The van der Waals surface area contributed by atoms with Gasteiger partial charge in [-0.25, -0.2) is 32.7 Å². The molecule has 4 fully saturated rings. The normalized spacial score (nSPS) is 20.0. The van der Waals surface area contributed by atoms with Crippen LogP contribution in [0.15, 0.2) is 48.8 Å². The van der Waals surface area contributed by atoms with Crippen molar-refractivity contribution in [1.82, 2.24) is 35.1 Å². The van der Waals surface area contributed by atoms with Gasteiger partial charge in [-0.1, -0.05) is 19.1 Å². The number of imide groups is 1. The second kappa shape index (κ2) is 19.1. The molecule has 1 aromatic carbocycles. The van der Waals surface area contributed by atoms with Crippen LogP contribution in [0.4, 0.5) is 21.8 Å². The number of benzene rings is 1. The van der Waals surface area contributed by atoms with Crippen LogP contribution in [0, 0.1) is 17.7 Å². The zero-order valence-electron chi connectivity index (χ0n) is 35.3. The van der Waals surface area contributed by atoms with E-state index in [0.29, 0.717) is 60.5 Å². The number of hydrogen-bond acceptors (Lipinski definition) is 13. The van der Waals surface area contributed by atoms with Crippen molar-refractivity contribution in [2.75, 3.05) is 73.6 Å². The summed E-state index contributed by atoms with van der Waals surface area (Å²) in [6, 6.07) is 10.4. The Kier molecular flexibility index (Phi) is 13.4. The van der Waals surface area contributed by atoms with Crippen molar-refractivity contribution in [2.24, 2.45) is 11.8 Å². The molecular formula is C44H55FN10O5S2. The molecule has 0 radical (unpaired) electrons. The minimum atomic E-state index is -3.72. The Bertz CT molecular complexity index is 2360. The number of carbonyl (C=O) groups excluding carboxylic acids is 3. The van der Waals surface area contributed by atoms with Gasteiger partial charge in [-0.05, 0) is 100 Å². The van der Waals surface area contributed by atoms with E-state index in [1.54, 1.807) is 44.6 Å². The lowest BCUT2D eigenvalue weighted by molar-refractivity contribution is -0.138. The lowest BCUT2D eigenvalue weighted by atomic mass is 9.90. The van der Waals surface area contributed by atoms with Gasteiger partial charge in [-0.15, -0.1) is 11.3 Å². The highest BCUT2D eigenvalue weighted by atomic mass is 32.2. The number of piperidine rings is 4. The van der Waals surface area contributed by atoms with Gasteiger partial charge >= 0.3 is 0 Å². The van der Waals surface area contributed by atoms with Gasteiger partial charge in [0.25, 0.3) is 0 Å². The molecule has 4 aliphatic heterocycles. The number of aromatic nitrogens is 4. The van der Waals surface area contributed by atoms with Gasteiger partial charge in [0.05, 0.1) is 38.6 Å². The molecule has 1 atom stereocenters. The van der Waals surface area contributed by atoms with E-state index in [4.69, 9.17) is 4.98 Å². The monoisotopic (exact) mass is 886 g/mol. The molecule has 4 aromatic rings. The smallest absolute Gasteiger partial charge is 0.234 e. The van der Waals surface area contributed by atoms with E-state index in [0.717, 1.165) is 87.6 Å². The van der Waals surface area contributed by atoms with Crippen molar-refractivity contribution in [2.45, 2.75) is 76.5 Å². The number of nitrogens with zero attached hydrogens (tertiary/aromatic N) is 7. The van der Waals surface area contributed by atoms with Crippen molar-refractivity contribution in [1.29, 1.82) is 0 Å². The molecule has 3 N–H and O–H groups in total. The van der Waals surface area contributed by atoms with Crippen LogP contribution in [0.5, 0.6) is 0 Å². The third-order valence-corrected chi connectivity index (χ3v) is 15.4. The van der Waals surface area contributed by atoms with Gasteiger partial charge < -0.3 is 20.0 Å². The fourth-order valence-electron chi connectivity index (χ4n) is 9.23. The number of halogens is 1. The minimum Gasteiger partial charge on any atom is -0.357 e. The first-order valence-electron chi connectivity index (χ1n) is 21.9. The van der Waals surface area contributed by atoms with E-state index in [1.807, 2.05) is 17.0 Å². The summed E-state index contributed by atoms with van der Waals surface area (Å²) in [5.74, 6) is 0.631. The number of amides is 3. The SMILES string of the molecule is CCCS(=O)(=O)Nc1cccc(-c2nc(C3CCN(C(=O)C4CCN(CC5CCN(c6ccc([C@H]7CCC(=O)NC7=O)cn6)CC5)CC4)CC3)sc2-c2ccnc(NC)n2)c1F. The lowest BCUT2D eigenvalue weighted by Gasteiger charge is -2.39.